The lowest BCUT2D eigenvalue weighted by Gasteiger charge is -2.29. The van der Waals surface area contributed by atoms with Gasteiger partial charge in [0.25, 0.3) is 0 Å². The monoisotopic (exact) mass is 281 g/mol. The number of hydrogen-bond donors (Lipinski definition) is 1. The second-order valence-electron chi connectivity index (χ2n) is 4.61. The van der Waals surface area contributed by atoms with Gasteiger partial charge in [-0.2, -0.15) is 0 Å². The number of halogens is 2. The molecule has 1 aromatic heterocycles. The molecule has 2 aromatic rings. The van der Waals surface area contributed by atoms with Crippen LogP contribution in [-0.2, 0) is 19.6 Å². The largest absolute Gasteiger partial charge is 0.392 e. The van der Waals surface area contributed by atoms with Gasteiger partial charge in [0.15, 0.2) is 0 Å². The molecule has 0 aliphatic carbocycles. The van der Waals surface area contributed by atoms with Crippen LogP contribution in [0.3, 0.4) is 0 Å². The third-order valence-corrected chi connectivity index (χ3v) is 4.41. The molecule has 0 bridgehead atoms. The smallest absolute Gasteiger partial charge is 0.149 e. The van der Waals surface area contributed by atoms with Crippen molar-refractivity contribution in [3.05, 3.63) is 51.2 Å². The van der Waals surface area contributed by atoms with Crippen LogP contribution >= 0.6 is 11.3 Å². The van der Waals surface area contributed by atoms with Crippen molar-refractivity contribution in [2.45, 2.75) is 19.6 Å². The van der Waals surface area contributed by atoms with Crippen LogP contribution in [0.2, 0.25) is 0 Å². The fourth-order valence-electron chi connectivity index (χ4n) is 2.45. The van der Waals surface area contributed by atoms with E-state index in [9.17, 15) is 8.78 Å². The van der Waals surface area contributed by atoms with E-state index >= 15 is 0 Å². The summed E-state index contributed by atoms with van der Waals surface area (Å²) in [5.74, 6) is -1.22. The molecule has 1 aliphatic rings. The van der Waals surface area contributed by atoms with Crippen molar-refractivity contribution >= 4 is 17.0 Å². The van der Waals surface area contributed by atoms with Crippen LogP contribution in [0.15, 0.2) is 23.6 Å². The topological polar surface area (TPSA) is 23.5 Å². The molecule has 0 atom stereocenters. The summed E-state index contributed by atoms with van der Waals surface area (Å²) in [5.41, 5.74) is 1.40. The summed E-state index contributed by atoms with van der Waals surface area (Å²) in [4.78, 5) is 3.02. The molecule has 5 heteroatoms. The molecule has 0 amide bonds. The number of rotatable bonds is 2. The maximum Gasteiger partial charge on any atom is 0.149 e. The van der Waals surface area contributed by atoms with Crippen LogP contribution in [0.25, 0.3) is 0 Å². The Kier molecular flexibility index (Phi) is 3.24. The molecule has 0 spiro atoms. The normalized spacial score (nSPS) is 14.6. The average Bonchev–Trinajstić information content (AvgIpc) is 2.85. The van der Waals surface area contributed by atoms with E-state index in [1.807, 2.05) is 11.4 Å². The predicted octanol–water partition coefficient (Wildman–Crippen LogP) is 3.08. The number of aliphatic hydroxyl groups excluding tert-OH is 1. The summed E-state index contributed by atoms with van der Waals surface area (Å²) < 4.78 is 28.0. The molecule has 0 unspecified atom stereocenters. The van der Waals surface area contributed by atoms with E-state index in [4.69, 9.17) is 5.11 Å². The quantitative estimate of drug-likeness (QED) is 0.914. The number of anilines is 1. The van der Waals surface area contributed by atoms with Crippen molar-refractivity contribution in [1.29, 1.82) is 0 Å². The van der Waals surface area contributed by atoms with Gasteiger partial charge in [0.05, 0.1) is 6.61 Å². The highest BCUT2D eigenvalue weighted by molar-refractivity contribution is 7.10. The van der Waals surface area contributed by atoms with E-state index in [1.54, 1.807) is 16.2 Å². The van der Waals surface area contributed by atoms with Crippen LogP contribution in [0.4, 0.5) is 14.5 Å². The summed E-state index contributed by atoms with van der Waals surface area (Å²) in [5, 5.41) is 11.0. The summed E-state index contributed by atoms with van der Waals surface area (Å²) >= 11 is 1.69. The van der Waals surface area contributed by atoms with E-state index in [1.165, 1.54) is 17.0 Å². The molecule has 1 N–H and O–H groups in total. The second-order valence-corrected chi connectivity index (χ2v) is 5.61. The van der Waals surface area contributed by atoms with Gasteiger partial charge in [-0.15, -0.1) is 11.3 Å². The molecule has 100 valence electrons. The Morgan fingerprint density at radius 1 is 1.26 bits per heavy atom. The summed E-state index contributed by atoms with van der Waals surface area (Å²) in [6.07, 6.45) is 0.813. The van der Waals surface area contributed by atoms with Crippen molar-refractivity contribution in [2.75, 3.05) is 11.4 Å². The highest BCUT2D eigenvalue weighted by Gasteiger charge is 2.23. The fraction of sp³-hybridized carbons (Fsp3) is 0.286. The highest BCUT2D eigenvalue weighted by Crippen LogP contribution is 2.31. The summed E-state index contributed by atoms with van der Waals surface area (Å²) in [6.45, 7) is 0.785. The molecule has 1 aromatic carbocycles. The Balaban J connectivity index is 1.96. The number of fused-ring (bicyclic) bond motifs is 1. The zero-order chi connectivity index (χ0) is 13.4. The second kappa shape index (κ2) is 4.90. The van der Waals surface area contributed by atoms with Gasteiger partial charge in [-0.05, 0) is 41.1 Å². The SMILES string of the molecule is OCc1cc(F)c(N2CCc3sccc3C2)c(F)c1. The molecular weight excluding hydrogens is 268 g/mol. The van der Waals surface area contributed by atoms with Crippen molar-refractivity contribution in [1.82, 2.24) is 0 Å². The maximum atomic E-state index is 14.0. The van der Waals surface area contributed by atoms with Crippen molar-refractivity contribution in [3.8, 4) is 0 Å². The Hall–Kier alpha value is -1.46. The van der Waals surface area contributed by atoms with Crippen molar-refractivity contribution < 1.29 is 13.9 Å². The first-order valence-electron chi connectivity index (χ1n) is 6.08. The lowest BCUT2D eigenvalue weighted by Crippen LogP contribution is -2.31. The number of thiophene rings is 1. The van der Waals surface area contributed by atoms with Gasteiger partial charge in [-0.25, -0.2) is 8.78 Å². The Morgan fingerprint density at radius 3 is 2.68 bits per heavy atom. The van der Waals surface area contributed by atoms with E-state index in [-0.39, 0.29) is 17.9 Å². The molecule has 2 heterocycles. The third-order valence-electron chi connectivity index (χ3n) is 3.38. The van der Waals surface area contributed by atoms with E-state index in [2.05, 4.69) is 0 Å². The highest BCUT2D eigenvalue weighted by atomic mass is 32.1. The van der Waals surface area contributed by atoms with Crippen LogP contribution < -0.4 is 4.90 Å². The number of aliphatic hydroxyl groups is 1. The zero-order valence-electron chi connectivity index (χ0n) is 10.2. The van der Waals surface area contributed by atoms with Gasteiger partial charge >= 0.3 is 0 Å². The summed E-state index contributed by atoms with van der Waals surface area (Å²) in [7, 11) is 0. The first-order valence-corrected chi connectivity index (χ1v) is 6.96. The minimum atomic E-state index is -0.609. The zero-order valence-corrected chi connectivity index (χ0v) is 11.0. The molecule has 0 saturated heterocycles. The minimum absolute atomic E-state index is 0.00838. The summed E-state index contributed by atoms with van der Waals surface area (Å²) in [6, 6.07) is 4.40. The van der Waals surface area contributed by atoms with Gasteiger partial charge in [0.1, 0.15) is 17.3 Å². The van der Waals surface area contributed by atoms with Crippen molar-refractivity contribution in [3.63, 3.8) is 0 Å². The molecule has 3 rings (SSSR count). The number of hydrogen-bond acceptors (Lipinski definition) is 3. The van der Waals surface area contributed by atoms with Gasteiger partial charge in [-0.1, -0.05) is 0 Å². The van der Waals surface area contributed by atoms with E-state index in [0.29, 0.717) is 13.1 Å². The Morgan fingerprint density at radius 2 is 2.00 bits per heavy atom. The van der Waals surface area contributed by atoms with Crippen LogP contribution in [0.5, 0.6) is 0 Å². The lowest BCUT2D eigenvalue weighted by molar-refractivity contribution is 0.280. The van der Waals surface area contributed by atoms with Gasteiger partial charge in [0, 0.05) is 18.0 Å². The minimum Gasteiger partial charge on any atom is -0.392 e. The van der Waals surface area contributed by atoms with Crippen LogP contribution in [-0.4, -0.2) is 11.7 Å². The molecular formula is C14H13F2NOS. The standard InChI is InChI=1S/C14H13F2NOS/c15-11-5-9(8-18)6-12(16)14(11)17-3-1-13-10(7-17)2-4-19-13/h2,4-6,18H,1,3,7-8H2. The van der Waals surface area contributed by atoms with Crippen LogP contribution in [0, 0.1) is 11.6 Å². The Bertz CT molecular complexity index is 588. The van der Waals surface area contributed by atoms with E-state index < -0.39 is 11.6 Å². The number of nitrogens with zero attached hydrogens (tertiary/aromatic N) is 1. The maximum absolute atomic E-state index is 14.0. The van der Waals surface area contributed by atoms with Crippen LogP contribution in [0.1, 0.15) is 16.0 Å². The molecule has 2 nitrogen and oxygen atoms in total. The first-order chi connectivity index (χ1) is 9.19. The molecule has 1 aliphatic heterocycles. The van der Waals surface area contributed by atoms with Gasteiger partial charge < -0.3 is 10.0 Å². The van der Waals surface area contributed by atoms with E-state index in [0.717, 1.165) is 12.0 Å². The predicted molar refractivity (Wildman–Crippen MR) is 71.4 cm³/mol. The Labute approximate surface area is 113 Å². The van der Waals surface area contributed by atoms with Crippen molar-refractivity contribution in [2.24, 2.45) is 0 Å². The first kappa shape index (κ1) is 12.6. The molecule has 0 fully saturated rings. The van der Waals surface area contributed by atoms with Gasteiger partial charge in [0.2, 0.25) is 0 Å². The molecule has 0 saturated carbocycles. The lowest BCUT2D eigenvalue weighted by atomic mass is 10.1. The average molecular weight is 281 g/mol. The fourth-order valence-corrected chi connectivity index (χ4v) is 3.34. The molecule has 0 radical (unpaired) electrons. The molecule has 19 heavy (non-hydrogen) atoms. The van der Waals surface area contributed by atoms with Gasteiger partial charge in [-0.3, -0.25) is 0 Å². The third kappa shape index (κ3) is 2.24. The number of benzene rings is 1.